The van der Waals surface area contributed by atoms with Crippen molar-refractivity contribution in [3.05, 3.63) is 41.5 Å². The van der Waals surface area contributed by atoms with E-state index in [-0.39, 0.29) is 4.90 Å². The Balaban J connectivity index is 1.71. The van der Waals surface area contributed by atoms with Gasteiger partial charge in [-0.05, 0) is 59.7 Å². The van der Waals surface area contributed by atoms with Gasteiger partial charge in [-0.3, -0.25) is 4.55 Å². The second-order valence-electron chi connectivity index (χ2n) is 14.3. The van der Waals surface area contributed by atoms with Crippen LogP contribution >= 0.6 is 0 Å². The normalized spacial score (nSPS) is 12.0. The van der Waals surface area contributed by atoms with Crippen LogP contribution < -0.4 is 0 Å². The Morgan fingerprint density at radius 3 is 1.17 bits per heavy atom. The molecule has 0 heterocycles. The molecular weight excluding hydrogens is 585 g/mol. The van der Waals surface area contributed by atoms with Crippen LogP contribution in [0.25, 0.3) is 10.8 Å². The van der Waals surface area contributed by atoms with Gasteiger partial charge in [-0.15, -0.1) is 0 Å². The Labute approximate surface area is 285 Å². The summed E-state index contributed by atoms with van der Waals surface area (Å²) in [6.07, 6.45) is 39.6. The van der Waals surface area contributed by atoms with Crippen molar-refractivity contribution in [1.29, 1.82) is 0 Å². The average molecular weight is 657 g/mol. The van der Waals surface area contributed by atoms with Gasteiger partial charge in [0, 0.05) is 0 Å². The van der Waals surface area contributed by atoms with Gasteiger partial charge in [0.25, 0.3) is 10.1 Å². The number of rotatable bonds is 31. The van der Waals surface area contributed by atoms with Crippen molar-refractivity contribution in [3.8, 4) is 0 Å². The Bertz CT molecular complexity index is 1120. The monoisotopic (exact) mass is 657 g/mol. The minimum Gasteiger partial charge on any atom is -0.282 e. The third-order valence-electron chi connectivity index (χ3n) is 10.0. The van der Waals surface area contributed by atoms with E-state index in [9.17, 15) is 13.0 Å². The SMILES string of the molecule is CCCCCCCCCCCCCCCCc1cccc2cc(S(=O)(=O)O)cc(CCCCCCCCCCCCCCCC)c12. The smallest absolute Gasteiger partial charge is 0.282 e. The van der Waals surface area contributed by atoms with Gasteiger partial charge in [0.2, 0.25) is 0 Å². The Hall–Kier alpha value is -1.39. The lowest BCUT2D eigenvalue weighted by atomic mass is 9.93. The molecule has 2 rings (SSSR count). The lowest BCUT2D eigenvalue weighted by Gasteiger charge is -2.14. The zero-order valence-corrected chi connectivity index (χ0v) is 31.1. The van der Waals surface area contributed by atoms with Gasteiger partial charge in [-0.25, -0.2) is 0 Å². The fourth-order valence-electron chi connectivity index (χ4n) is 7.15. The third kappa shape index (κ3) is 18.8. The van der Waals surface area contributed by atoms with Crippen LogP contribution in [0, 0.1) is 0 Å². The van der Waals surface area contributed by atoms with Crippen LogP contribution in [0.15, 0.2) is 35.2 Å². The molecule has 1 N–H and O–H groups in total. The maximum Gasteiger partial charge on any atom is 0.294 e. The van der Waals surface area contributed by atoms with Gasteiger partial charge in [-0.1, -0.05) is 199 Å². The molecule has 0 unspecified atom stereocenters. The van der Waals surface area contributed by atoms with E-state index in [1.807, 2.05) is 12.1 Å². The molecule has 0 saturated heterocycles. The summed E-state index contributed by atoms with van der Waals surface area (Å²) in [5.74, 6) is 0. The molecule has 0 aliphatic heterocycles. The molecule has 0 aliphatic rings. The molecule has 3 nitrogen and oxygen atoms in total. The van der Waals surface area contributed by atoms with E-state index in [0.29, 0.717) is 0 Å². The summed E-state index contributed by atoms with van der Waals surface area (Å²) in [6.45, 7) is 4.56. The zero-order valence-electron chi connectivity index (χ0n) is 30.3. The number of benzene rings is 2. The topological polar surface area (TPSA) is 54.4 Å². The van der Waals surface area contributed by atoms with Crippen LogP contribution in [0.2, 0.25) is 0 Å². The summed E-state index contributed by atoms with van der Waals surface area (Å²) >= 11 is 0. The minimum absolute atomic E-state index is 0.0361. The van der Waals surface area contributed by atoms with Crippen molar-refractivity contribution in [2.75, 3.05) is 0 Å². The molecule has 0 aliphatic carbocycles. The maximum absolute atomic E-state index is 12.1. The molecule has 0 saturated carbocycles. The summed E-state index contributed by atoms with van der Waals surface area (Å²) in [5.41, 5.74) is 2.42. The van der Waals surface area contributed by atoms with Crippen LogP contribution in [0.1, 0.15) is 205 Å². The van der Waals surface area contributed by atoms with Gasteiger partial charge < -0.3 is 0 Å². The highest BCUT2D eigenvalue weighted by Crippen LogP contribution is 2.30. The van der Waals surface area contributed by atoms with Gasteiger partial charge >= 0.3 is 0 Å². The number of hydrogen-bond acceptors (Lipinski definition) is 2. The molecule has 0 amide bonds. The highest BCUT2D eigenvalue weighted by atomic mass is 32.2. The molecule has 4 heteroatoms. The van der Waals surface area contributed by atoms with Crippen LogP contribution in [0.4, 0.5) is 0 Å². The summed E-state index contributed by atoms with van der Waals surface area (Å²) in [5, 5.41) is 2.16. The molecule has 0 atom stereocenters. The van der Waals surface area contributed by atoms with Crippen molar-refractivity contribution < 1.29 is 13.0 Å². The van der Waals surface area contributed by atoms with Gasteiger partial charge in [0.1, 0.15) is 0 Å². The lowest BCUT2D eigenvalue weighted by molar-refractivity contribution is 0.483. The van der Waals surface area contributed by atoms with Crippen LogP contribution in [-0.2, 0) is 23.0 Å². The van der Waals surface area contributed by atoms with E-state index < -0.39 is 10.1 Å². The van der Waals surface area contributed by atoms with Crippen molar-refractivity contribution in [2.45, 2.75) is 211 Å². The number of aryl methyl sites for hydroxylation is 2. The fourth-order valence-corrected chi connectivity index (χ4v) is 7.71. The fraction of sp³-hybridized carbons (Fsp3) is 0.762. The number of hydrogen-bond donors (Lipinski definition) is 1. The quantitative estimate of drug-likeness (QED) is 0.0649. The Kier molecular flexibility index (Phi) is 23.5. The minimum atomic E-state index is -4.23. The van der Waals surface area contributed by atoms with Gasteiger partial charge in [0.15, 0.2) is 0 Å². The first-order valence-corrected chi connectivity index (χ1v) is 21.4. The molecular formula is C42H72O3S. The largest absolute Gasteiger partial charge is 0.294 e. The Morgan fingerprint density at radius 2 is 0.804 bits per heavy atom. The van der Waals surface area contributed by atoms with E-state index in [0.717, 1.165) is 30.2 Å². The summed E-state index contributed by atoms with van der Waals surface area (Å²) in [4.78, 5) is 0.0361. The first-order valence-electron chi connectivity index (χ1n) is 20.0. The zero-order chi connectivity index (χ0) is 33.1. The van der Waals surface area contributed by atoms with E-state index in [2.05, 4.69) is 19.9 Å². The predicted octanol–water partition coefficient (Wildman–Crippen LogP) is 14.1. The number of fused-ring (bicyclic) bond motifs is 1. The molecule has 0 spiro atoms. The first kappa shape index (κ1) is 40.8. The predicted molar refractivity (Wildman–Crippen MR) is 202 cm³/mol. The van der Waals surface area contributed by atoms with Crippen LogP contribution in [0.3, 0.4) is 0 Å². The molecule has 0 aromatic heterocycles. The molecule has 0 radical (unpaired) electrons. The second-order valence-corrected chi connectivity index (χ2v) is 15.7. The summed E-state index contributed by atoms with van der Waals surface area (Å²) in [6, 6.07) is 9.69. The van der Waals surface area contributed by atoms with Crippen molar-refractivity contribution in [1.82, 2.24) is 0 Å². The van der Waals surface area contributed by atoms with Gasteiger partial charge in [0.05, 0.1) is 4.90 Å². The summed E-state index contributed by atoms with van der Waals surface area (Å²) < 4.78 is 34.0. The van der Waals surface area contributed by atoms with E-state index >= 15 is 0 Å². The molecule has 264 valence electrons. The van der Waals surface area contributed by atoms with Crippen molar-refractivity contribution >= 4 is 20.9 Å². The van der Waals surface area contributed by atoms with Crippen LogP contribution in [0.5, 0.6) is 0 Å². The van der Waals surface area contributed by atoms with E-state index in [1.165, 1.54) is 184 Å². The molecule has 46 heavy (non-hydrogen) atoms. The first-order chi connectivity index (χ1) is 22.5. The average Bonchev–Trinajstić information content (AvgIpc) is 3.04. The van der Waals surface area contributed by atoms with Crippen LogP contribution in [-0.4, -0.2) is 13.0 Å². The second kappa shape index (κ2) is 26.6. The molecule has 2 aromatic carbocycles. The Morgan fingerprint density at radius 1 is 0.457 bits per heavy atom. The third-order valence-corrected chi connectivity index (χ3v) is 10.8. The highest BCUT2D eigenvalue weighted by molar-refractivity contribution is 7.85. The molecule has 0 fully saturated rings. The van der Waals surface area contributed by atoms with E-state index in [4.69, 9.17) is 0 Å². The molecule has 2 aromatic rings. The van der Waals surface area contributed by atoms with Crippen molar-refractivity contribution in [3.63, 3.8) is 0 Å². The maximum atomic E-state index is 12.1. The molecule has 0 bridgehead atoms. The lowest BCUT2D eigenvalue weighted by Crippen LogP contribution is -2.02. The highest BCUT2D eigenvalue weighted by Gasteiger charge is 2.15. The van der Waals surface area contributed by atoms with E-state index in [1.54, 1.807) is 12.1 Å². The number of unbranched alkanes of at least 4 members (excludes halogenated alkanes) is 26. The standard InChI is InChI=1S/C42H72O3S/c1-3-5-7-9-11-13-15-17-19-21-23-25-27-29-32-38-34-31-35-40-37-41(46(43,44)45)36-39(42(38)40)33-30-28-26-24-22-20-18-16-14-12-10-8-6-4-2/h31,34-37H,3-30,32-33H2,1-2H3,(H,43,44,45). The summed E-state index contributed by atoms with van der Waals surface area (Å²) in [7, 11) is -4.23. The van der Waals surface area contributed by atoms with Gasteiger partial charge in [-0.2, -0.15) is 8.42 Å². The van der Waals surface area contributed by atoms with Crippen molar-refractivity contribution in [2.24, 2.45) is 0 Å².